The molecule has 1 saturated heterocycles. The van der Waals surface area contributed by atoms with Crippen molar-refractivity contribution in [3.05, 3.63) is 0 Å². The first-order chi connectivity index (χ1) is 8.27. The fourth-order valence-electron chi connectivity index (χ4n) is 2.63. The third-order valence-electron chi connectivity index (χ3n) is 4.10. The molecule has 0 aromatic carbocycles. The number of ether oxygens (including phenoxy) is 1. The van der Waals surface area contributed by atoms with Crippen LogP contribution in [-0.4, -0.2) is 44.4 Å². The summed E-state index contributed by atoms with van der Waals surface area (Å²) in [6.45, 7) is 8.01. The average Bonchev–Trinajstić information content (AvgIpc) is 2.33. The number of likely N-dealkylation sites (N-methyl/N-ethyl adjacent to an activating group) is 1. The van der Waals surface area contributed by atoms with Crippen molar-refractivity contribution in [1.29, 1.82) is 0 Å². The maximum Gasteiger partial charge on any atom is 0.102 e. The van der Waals surface area contributed by atoms with E-state index in [0.717, 1.165) is 13.2 Å². The summed E-state index contributed by atoms with van der Waals surface area (Å²) in [6.07, 6.45) is 11.4. The Kier molecular flexibility index (Phi) is 7.87. The molecule has 2 nitrogen and oxygen atoms in total. The van der Waals surface area contributed by atoms with Gasteiger partial charge in [0.1, 0.15) is 13.1 Å². The van der Waals surface area contributed by atoms with E-state index in [1.165, 1.54) is 75.5 Å². The fourth-order valence-corrected chi connectivity index (χ4v) is 2.63. The van der Waals surface area contributed by atoms with Crippen molar-refractivity contribution in [3.63, 3.8) is 0 Å². The highest BCUT2D eigenvalue weighted by atomic mass is 16.5. The SMILES string of the molecule is CCCCCCCCCC[N+]1(C)CCOCC1. The summed E-state index contributed by atoms with van der Waals surface area (Å²) in [5.74, 6) is 0. The average molecular weight is 242 g/mol. The van der Waals surface area contributed by atoms with Crippen LogP contribution in [0.1, 0.15) is 58.3 Å². The van der Waals surface area contributed by atoms with E-state index in [1.54, 1.807) is 0 Å². The third kappa shape index (κ3) is 7.05. The van der Waals surface area contributed by atoms with Crippen LogP contribution in [0.15, 0.2) is 0 Å². The zero-order valence-electron chi connectivity index (χ0n) is 12.0. The zero-order chi connectivity index (χ0) is 12.4. The predicted molar refractivity (Wildman–Crippen MR) is 74.2 cm³/mol. The van der Waals surface area contributed by atoms with Crippen LogP contribution in [0.2, 0.25) is 0 Å². The van der Waals surface area contributed by atoms with Gasteiger partial charge >= 0.3 is 0 Å². The number of rotatable bonds is 9. The fraction of sp³-hybridized carbons (Fsp3) is 1.00. The molecule has 2 heteroatoms. The van der Waals surface area contributed by atoms with Gasteiger partial charge in [-0.3, -0.25) is 0 Å². The standard InChI is InChI=1S/C15H32NO/c1-3-4-5-6-7-8-9-10-11-16(2)12-14-17-15-13-16/h3-15H2,1-2H3/q+1. The molecular formula is C15H32NO+. The van der Waals surface area contributed by atoms with Gasteiger partial charge in [-0.1, -0.05) is 45.4 Å². The van der Waals surface area contributed by atoms with Crippen molar-refractivity contribution in [2.75, 3.05) is 39.9 Å². The molecule has 0 unspecified atom stereocenters. The van der Waals surface area contributed by atoms with Gasteiger partial charge in [-0.2, -0.15) is 0 Å². The highest BCUT2D eigenvalue weighted by Crippen LogP contribution is 2.12. The molecule has 1 aliphatic rings. The number of quaternary nitrogens is 1. The zero-order valence-corrected chi connectivity index (χ0v) is 12.0. The van der Waals surface area contributed by atoms with Crippen LogP contribution >= 0.6 is 0 Å². The van der Waals surface area contributed by atoms with Gasteiger partial charge in [0.15, 0.2) is 0 Å². The molecule has 1 fully saturated rings. The molecule has 0 saturated carbocycles. The largest absolute Gasteiger partial charge is 0.370 e. The van der Waals surface area contributed by atoms with Crippen LogP contribution in [0.5, 0.6) is 0 Å². The smallest absolute Gasteiger partial charge is 0.102 e. The Balaban J connectivity index is 1.89. The molecule has 17 heavy (non-hydrogen) atoms. The lowest BCUT2D eigenvalue weighted by molar-refractivity contribution is -0.917. The lowest BCUT2D eigenvalue weighted by atomic mass is 10.1. The van der Waals surface area contributed by atoms with E-state index in [0.29, 0.717) is 0 Å². The molecule has 0 N–H and O–H groups in total. The number of nitrogens with zero attached hydrogens (tertiary/aromatic N) is 1. The van der Waals surface area contributed by atoms with Crippen LogP contribution in [0.25, 0.3) is 0 Å². The predicted octanol–water partition coefficient (Wildman–Crippen LogP) is 3.60. The summed E-state index contributed by atoms with van der Waals surface area (Å²) in [4.78, 5) is 0. The molecule has 1 heterocycles. The highest BCUT2D eigenvalue weighted by Gasteiger charge is 2.23. The molecule has 0 amide bonds. The maximum atomic E-state index is 5.43. The summed E-state index contributed by atoms with van der Waals surface area (Å²) in [5, 5.41) is 0. The van der Waals surface area contributed by atoms with E-state index in [1.807, 2.05) is 0 Å². The molecule has 0 spiro atoms. The number of morpholine rings is 1. The molecule has 0 aliphatic carbocycles. The monoisotopic (exact) mass is 242 g/mol. The Hall–Kier alpha value is -0.0800. The molecule has 0 aromatic heterocycles. The van der Waals surface area contributed by atoms with Crippen molar-refractivity contribution in [2.45, 2.75) is 58.3 Å². The normalized spacial score (nSPS) is 19.4. The van der Waals surface area contributed by atoms with Crippen molar-refractivity contribution in [1.82, 2.24) is 0 Å². The Bertz CT molecular complexity index is 176. The van der Waals surface area contributed by atoms with Crippen LogP contribution in [0.3, 0.4) is 0 Å². The Morgan fingerprint density at radius 3 is 1.94 bits per heavy atom. The van der Waals surface area contributed by atoms with Crippen molar-refractivity contribution in [3.8, 4) is 0 Å². The van der Waals surface area contributed by atoms with E-state index in [4.69, 9.17) is 4.74 Å². The van der Waals surface area contributed by atoms with Crippen LogP contribution in [0.4, 0.5) is 0 Å². The molecule has 0 atom stereocenters. The molecule has 0 bridgehead atoms. The summed E-state index contributed by atoms with van der Waals surface area (Å²) in [7, 11) is 2.39. The minimum Gasteiger partial charge on any atom is -0.370 e. The summed E-state index contributed by atoms with van der Waals surface area (Å²) in [6, 6.07) is 0. The summed E-state index contributed by atoms with van der Waals surface area (Å²) < 4.78 is 6.68. The van der Waals surface area contributed by atoms with Gasteiger partial charge in [0.05, 0.1) is 26.8 Å². The van der Waals surface area contributed by atoms with Crippen LogP contribution in [0, 0.1) is 0 Å². The molecule has 102 valence electrons. The first-order valence-electron chi connectivity index (χ1n) is 7.68. The van der Waals surface area contributed by atoms with Crippen molar-refractivity contribution >= 4 is 0 Å². The van der Waals surface area contributed by atoms with E-state index >= 15 is 0 Å². The molecule has 0 radical (unpaired) electrons. The lowest BCUT2D eigenvalue weighted by Crippen LogP contribution is -2.52. The minimum absolute atomic E-state index is 0.966. The molecule has 0 aromatic rings. The van der Waals surface area contributed by atoms with Gasteiger partial charge in [-0.15, -0.1) is 0 Å². The van der Waals surface area contributed by atoms with Gasteiger partial charge in [0, 0.05) is 0 Å². The summed E-state index contributed by atoms with van der Waals surface area (Å²) >= 11 is 0. The topological polar surface area (TPSA) is 9.23 Å². The van der Waals surface area contributed by atoms with Gasteiger partial charge in [0.25, 0.3) is 0 Å². The second-order valence-corrected chi connectivity index (χ2v) is 5.88. The van der Waals surface area contributed by atoms with Crippen molar-refractivity contribution in [2.24, 2.45) is 0 Å². The van der Waals surface area contributed by atoms with Gasteiger partial charge in [-0.05, 0) is 12.8 Å². The van der Waals surface area contributed by atoms with E-state index in [-0.39, 0.29) is 0 Å². The Labute approximate surface area is 108 Å². The Morgan fingerprint density at radius 1 is 0.824 bits per heavy atom. The van der Waals surface area contributed by atoms with Gasteiger partial charge < -0.3 is 9.22 Å². The number of unbranched alkanes of at least 4 members (excludes halogenated alkanes) is 7. The third-order valence-corrected chi connectivity index (χ3v) is 4.10. The molecule has 1 aliphatic heterocycles. The van der Waals surface area contributed by atoms with Crippen LogP contribution in [-0.2, 0) is 4.74 Å². The van der Waals surface area contributed by atoms with E-state index < -0.39 is 0 Å². The molecular weight excluding hydrogens is 210 g/mol. The van der Waals surface area contributed by atoms with E-state index in [9.17, 15) is 0 Å². The first-order valence-corrected chi connectivity index (χ1v) is 7.68. The van der Waals surface area contributed by atoms with Gasteiger partial charge in [0.2, 0.25) is 0 Å². The second kappa shape index (κ2) is 8.93. The first kappa shape index (κ1) is 15.0. The quantitative estimate of drug-likeness (QED) is 0.443. The number of hydrogen-bond donors (Lipinski definition) is 0. The lowest BCUT2D eigenvalue weighted by Gasteiger charge is -2.37. The molecule has 1 rings (SSSR count). The second-order valence-electron chi connectivity index (χ2n) is 5.88. The van der Waals surface area contributed by atoms with Gasteiger partial charge in [-0.25, -0.2) is 0 Å². The van der Waals surface area contributed by atoms with Crippen molar-refractivity contribution < 1.29 is 9.22 Å². The number of hydrogen-bond acceptors (Lipinski definition) is 1. The summed E-state index contributed by atoms with van der Waals surface area (Å²) in [5.41, 5.74) is 0. The highest BCUT2D eigenvalue weighted by molar-refractivity contribution is 4.50. The Morgan fingerprint density at radius 2 is 1.35 bits per heavy atom. The van der Waals surface area contributed by atoms with E-state index in [2.05, 4.69) is 14.0 Å². The van der Waals surface area contributed by atoms with Crippen LogP contribution < -0.4 is 0 Å². The minimum atomic E-state index is 0.966. The maximum absolute atomic E-state index is 5.43.